The molecule has 1 aliphatic carbocycles. The zero-order valence-electron chi connectivity index (χ0n) is 33.9. The number of hydrogen-bond donors (Lipinski definition) is 4. The van der Waals surface area contributed by atoms with Crippen molar-refractivity contribution in [2.75, 3.05) is 44.2 Å². The Labute approximate surface area is 350 Å². The van der Waals surface area contributed by atoms with Crippen molar-refractivity contribution >= 4 is 28.7 Å². The molecule has 5 aromatic rings. The molecule has 1 saturated carbocycles. The largest absolute Gasteiger partial charge is 0.506 e. The van der Waals surface area contributed by atoms with E-state index < -0.39 is 6.10 Å². The number of para-hydroxylation sites is 1. The van der Waals surface area contributed by atoms with Crippen molar-refractivity contribution < 1.29 is 34.0 Å². The van der Waals surface area contributed by atoms with Gasteiger partial charge < -0.3 is 39.6 Å². The van der Waals surface area contributed by atoms with E-state index in [1.54, 1.807) is 29.2 Å². The van der Waals surface area contributed by atoms with Crippen LogP contribution in [0.2, 0.25) is 0 Å². The van der Waals surface area contributed by atoms with Crippen molar-refractivity contribution in [2.24, 2.45) is 11.8 Å². The van der Waals surface area contributed by atoms with Crippen LogP contribution in [0, 0.1) is 11.8 Å². The number of pyridine rings is 1. The number of nitrogens with zero attached hydrogens (tertiary/aromatic N) is 2. The maximum Gasteiger partial charge on any atom is 0.415 e. The molecule has 3 saturated heterocycles. The summed E-state index contributed by atoms with van der Waals surface area (Å²) in [6.45, 7) is 5.07. The number of ether oxygens (including phenoxy) is 3. The fraction of sp³-hybridized carbons (Fsp3) is 0.396. The fourth-order valence-corrected chi connectivity index (χ4v) is 8.84. The molecule has 0 unspecified atom stereocenters. The number of aliphatic hydroxyl groups is 1. The number of benzene rings is 4. The highest BCUT2D eigenvalue weighted by Crippen LogP contribution is 2.37. The minimum atomic E-state index is -0.796. The summed E-state index contributed by atoms with van der Waals surface area (Å²) >= 11 is 0. The summed E-state index contributed by atoms with van der Waals surface area (Å²) in [4.78, 5) is 45.2. The first-order valence-corrected chi connectivity index (χ1v) is 21.2. The molecule has 12 heteroatoms. The third-order valence-electron chi connectivity index (χ3n) is 12.5. The van der Waals surface area contributed by atoms with Crippen LogP contribution >= 0.6 is 0 Å². The first-order valence-electron chi connectivity index (χ1n) is 21.2. The number of esters is 1. The molecule has 4 N–H and O–H groups in total. The van der Waals surface area contributed by atoms with E-state index in [0.717, 1.165) is 87.9 Å². The smallest absolute Gasteiger partial charge is 0.415 e. The van der Waals surface area contributed by atoms with Gasteiger partial charge in [-0.2, -0.15) is 0 Å². The molecule has 0 spiro atoms. The summed E-state index contributed by atoms with van der Waals surface area (Å²) in [6.07, 6.45) is 5.43. The first kappa shape index (κ1) is 41.1. The number of amides is 1. The van der Waals surface area contributed by atoms with Crippen molar-refractivity contribution in [1.29, 1.82) is 0 Å². The first-order chi connectivity index (χ1) is 29.2. The Morgan fingerprint density at radius 3 is 2.33 bits per heavy atom. The van der Waals surface area contributed by atoms with E-state index in [1.165, 1.54) is 12.1 Å². The quantitative estimate of drug-likeness (QED) is 0.0783. The van der Waals surface area contributed by atoms with Gasteiger partial charge in [0, 0.05) is 62.6 Å². The van der Waals surface area contributed by atoms with Crippen LogP contribution in [0.5, 0.6) is 11.5 Å². The number of carbonyl (C=O) groups is 2. The Hall–Kier alpha value is -5.69. The SMILES string of the molecule is O=C(OCC1CCC(CNC[C@H](O)c2ccc(O)c3[nH]c(=O)ccc23)CC1)c1ccc(COc2cccc(CN(C(=O)OC34CCN(CC3)CC4)c3ccccc3)c2)cc1. The lowest BCUT2D eigenvalue weighted by molar-refractivity contribution is -0.0764. The molecule has 4 aromatic carbocycles. The number of phenols is 1. The zero-order chi connectivity index (χ0) is 41.5. The van der Waals surface area contributed by atoms with E-state index in [1.807, 2.05) is 66.7 Å². The zero-order valence-corrected chi connectivity index (χ0v) is 33.9. The number of aromatic amines is 1. The molecule has 9 rings (SSSR count). The highest BCUT2D eigenvalue weighted by molar-refractivity contribution is 5.90. The number of rotatable bonds is 15. The van der Waals surface area contributed by atoms with Gasteiger partial charge in [-0.15, -0.1) is 0 Å². The van der Waals surface area contributed by atoms with Crippen LogP contribution < -0.4 is 20.5 Å². The number of aromatic nitrogens is 1. The van der Waals surface area contributed by atoms with Gasteiger partial charge in [0.25, 0.3) is 0 Å². The molecular weight excluding hydrogens is 761 g/mol. The minimum Gasteiger partial charge on any atom is -0.506 e. The standard InChI is InChI=1S/C48H54N4O8/c53-42-19-17-40(41-18-20-44(55)50-45(41)42)43(54)29-49-28-33-9-11-34(12-10-33)32-59-46(56)37-15-13-35(14-16-37)31-58-39-8-4-5-36(27-39)30-52(38-6-2-1-3-7-38)47(57)60-48-21-24-51(25-22-48)26-23-48/h1-8,13-20,27,33-34,43,49,53-54H,9-12,21-26,28-32H2,(H,50,55)/t33?,34?,43-/m0/s1. The highest BCUT2D eigenvalue weighted by Gasteiger charge is 2.43. The van der Waals surface area contributed by atoms with Crippen LogP contribution in [0.3, 0.4) is 0 Å². The number of H-pyrrole nitrogens is 1. The maximum atomic E-state index is 13.7. The van der Waals surface area contributed by atoms with Crippen LogP contribution in [0.4, 0.5) is 10.5 Å². The molecule has 1 aromatic heterocycles. The molecule has 3 aliphatic heterocycles. The number of aliphatic hydroxyl groups excluding tert-OH is 1. The van der Waals surface area contributed by atoms with E-state index >= 15 is 0 Å². The topological polar surface area (TPSA) is 154 Å². The third kappa shape index (κ3) is 10.0. The van der Waals surface area contributed by atoms with Crippen molar-refractivity contribution in [2.45, 2.75) is 69.8 Å². The van der Waals surface area contributed by atoms with Gasteiger partial charge in [-0.1, -0.05) is 48.5 Å². The summed E-state index contributed by atoms with van der Waals surface area (Å²) in [6, 6.07) is 30.9. The third-order valence-corrected chi connectivity index (χ3v) is 12.5. The number of carbonyl (C=O) groups excluding carboxylic acids is 2. The summed E-state index contributed by atoms with van der Waals surface area (Å²) < 4.78 is 18.2. The van der Waals surface area contributed by atoms with Crippen molar-refractivity contribution in [3.63, 3.8) is 0 Å². The minimum absolute atomic E-state index is 0.0312. The van der Waals surface area contributed by atoms with Gasteiger partial charge in [0.15, 0.2) is 0 Å². The molecule has 4 fully saturated rings. The van der Waals surface area contributed by atoms with E-state index in [-0.39, 0.29) is 29.0 Å². The van der Waals surface area contributed by atoms with E-state index in [9.17, 15) is 24.6 Å². The van der Waals surface area contributed by atoms with Gasteiger partial charge in [-0.3, -0.25) is 9.69 Å². The molecular formula is C48H54N4O8. The van der Waals surface area contributed by atoms with Gasteiger partial charge in [-0.25, -0.2) is 9.59 Å². The number of nitrogens with one attached hydrogen (secondary N) is 2. The normalized spacial score (nSPS) is 21.6. The number of anilines is 1. The molecule has 2 bridgehead atoms. The molecule has 4 aliphatic rings. The fourth-order valence-electron chi connectivity index (χ4n) is 8.84. The summed E-state index contributed by atoms with van der Waals surface area (Å²) in [7, 11) is 0. The summed E-state index contributed by atoms with van der Waals surface area (Å²) in [5, 5.41) is 25.0. The lowest BCUT2D eigenvalue weighted by Crippen LogP contribution is -2.55. The van der Waals surface area contributed by atoms with Crippen LogP contribution in [0.25, 0.3) is 10.9 Å². The van der Waals surface area contributed by atoms with Gasteiger partial charge >= 0.3 is 12.1 Å². The number of aromatic hydroxyl groups is 1. The van der Waals surface area contributed by atoms with E-state index in [4.69, 9.17) is 14.2 Å². The Balaban J connectivity index is 0.763. The summed E-state index contributed by atoms with van der Waals surface area (Å²) in [5.41, 5.74) is 3.38. The second-order valence-electron chi connectivity index (χ2n) is 16.6. The van der Waals surface area contributed by atoms with Gasteiger partial charge in [0.1, 0.15) is 23.7 Å². The number of fused-ring (bicyclic) bond motifs is 4. The Kier molecular flexibility index (Phi) is 12.8. The number of hydrogen-bond acceptors (Lipinski definition) is 10. The van der Waals surface area contributed by atoms with Crippen LogP contribution in [-0.2, 0) is 22.6 Å². The van der Waals surface area contributed by atoms with Crippen LogP contribution in [0.15, 0.2) is 108 Å². The van der Waals surface area contributed by atoms with Gasteiger partial charge in [-0.05, 0) is 109 Å². The van der Waals surface area contributed by atoms with E-state index in [0.29, 0.717) is 65.9 Å². The van der Waals surface area contributed by atoms with Crippen molar-refractivity contribution in [3.05, 3.63) is 136 Å². The Bertz CT molecular complexity index is 2290. The van der Waals surface area contributed by atoms with Crippen LogP contribution in [0.1, 0.15) is 78.1 Å². The molecule has 314 valence electrons. The summed E-state index contributed by atoms with van der Waals surface area (Å²) in [5.74, 6) is 1.08. The van der Waals surface area contributed by atoms with Crippen LogP contribution in [-0.4, -0.2) is 77.1 Å². The Morgan fingerprint density at radius 2 is 1.58 bits per heavy atom. The average molecular weight is 815 g/mol. The predicted molar refractivity (Wildman–Crippen MR) is 229 cm³/mol. The number of piperidine rings is 3. The molecule has 12 nitrogen and oxygen atoms in total. The van der Waals surface area contributed by atoms with Crippen molar-refractivity contribution in [3.8, 4) is 11.5 Å². The lowest BCUT2D eigenvalue weighted by Gasteiger charge is -2.47. The molecule has 1 amide bonds. The monoisotopic (exact) mass is 814 g/mol. The van der Waals surface area contributed by atoms with Gasteiger partial charge in [0.05, 0.1) is 30.3 Å². The molecule has 1 atom stereocenters. The predicted octanol–water partition coefficient (Wildman–Crippen LogP) is 7.48. The maximum absolute atomic E-state index is 13.7. The average Bonchev–Trinajstić information content (AvgIpc) is 3.28. The second kappa shape index (κ2) is 18.7. The lowest BCUT2D eigenvalue weighted by atomic mass is 9.82. The number of phenolic OH excluding ortho intramolecular Hbond substituents is 1. The van der Waals surface area contributed by atoms with Gasteiger partial charge in [0.2, 0.25) is 5.56 Å². The Morgan fingerprint density at radius 1 is 0.850 bits per heavy atom. The molecule has 60 heavy (non-hydrogen) atoms. The van der Waals surface area contributed by atoms with E-state index in [2.05, 4.69) is 15.2 Å². The second-order valence-corrected chi connectivity index (χ2v) is 16.6. The highest BCUT2D eigenvalue weighted by atomic mass is 16.6. The van der Waals surface area contributed by atoms with Crippen molar-refractivity contribution in [1.82, 2.24) is 15.2 Å². The molecule has 0 radical (unpaired) electrons. The molecule has 4 heterocycles.